The maximum absolute atomic E-state index is 11.1. The summed E-state index contributed by atoms with van der Waals surface area (Å²) in [6.45, 7) is 2.60. The maximum Gasteiger partial charge on any atom is 0.302 e. The first-order valence-electron chi connectivity index (χ1n) is 13.4. The number of halogens is 2. The van der Waals surface area contributed by atoms with Gasteiger partial charge in [0.2, 0.25) is 5.88 Å². The van der Waals surface area contributed by atoms with E-state index in [1.807, 2.05) is 17.6 Å². The highest BCUT2D eigenvalue weighted by Gasteiger charge is 2.36. The summed E-state index contributed by atoms with van der Waals surface area (Å²) >= 11 is 12.6. The third-order valence-corrected chi connectivity index (χ3v) is 7.24. The molecule has 1 saturated heterocycles. The molecule has 0 spiro atoms. The molecular formula is C27H26Cl2N6O9. The van der Waals surface area contributed by atoms with Gasteiger partial charge in [-0.1, -0.05) is 42.6 Å². The van der Waals surface area contributed by atoms with Crippen molar-refractivity contribution in [2.24, 2.45) is 0 Å². The highest BCUT2D eigenvalue weighted by Crippen LogP contribution is 2.37. The van der Waals surface area contributed by atoms with Crippen LogP contribution in [0.15, 0.2) is 61.2 Å². The second-order valence-corrected chi connectivity index (χ2v) is 10.4. The molecule has 1 aliphatic heterocycles. The molecule has 0 radical (unpaired) electrons. The minimum atomic E-state index is -1.04. The number of nitrogens with zero attached hydrogens (tertiary/aromatic N) is 6. The zero-order valence-electron chi connectivity index (χ0n) is 23.2. The van der Waals surface area contributed by atoms with Crippen LogP contribution in [0, 0.1) is 20.2 Å². The first-order valence-corrected chi connectivity index (χ1v) is 14.2. The van der Waals surface area contributed by atoms with E-state index in [0.29, 0.717) is 27.8 Å². The van der Waals surface area contributed by atoms with Crippen molar-refractivity contribution in [3.8, 4) is 28.9 Å². The van der Waals surface area contributed by atoms with Crippen LogP contribution in [-0.2, 0) is 16.0 Å². The summed E-state index contributed by atoms with van der Waals surface area (Å²) < 4.78 is 21.3. The molecular weight excluding hydrogens is 623 g/mol. The fourth-order valence-corrected chi connectivity index (χ4v) is 5.25. The van der Waals surface area contributed by atoms with Crippen molar-refractivity contribution in [3.63, 3.8) is 0 Å². The third-order valence-electron chi connectivity index (χ3n) is 6.67. The number of aromatic nitrogens is 4. The summed E-state index contributed by atoms with van der Waals surface area (Å²) in [6, 6.07) is 10.9. The van der Waals surface area contributed by atoms with Crippen molar-refractivity contribution in [1.82, 2.24) is 19.1 Å². The number of rotatable bonds is 14. The molecule has 0 N–H and O–H groups in total. The molecule has 1 aliphatic rings. The highest BCUT2D eigenvalue weighted by atomic mass is 35.5. The number of hydrogen-bond donors (Lipinski definition) is 0. The van der Waals surface area contributed by atoms with E-state index in [1.165, 1.54) is 4.57 Å². The Morgan fingerprint density at radius 3 is 2.55 bits per heavy atom. The smallest absolute Gasteiger partial charge is 0.302 e. The largest absolute Gasteiger partial charge is 0.491 e. The number of unbranched alkanes of at least 4 members (excludes halogenated alkanes) is 1. The van der Waals surface area contributed by atoms with Gasteiger partial charge < -0.3 is 23.3 Å². The van der Waals surface area contributed by atoms with Crippen LogP contribution in [-0.4, -0.2) is 54.9 Å². The number of ether oxygens (including phenoxy) is 3. The second kappa shape index (κ2) is 13.9. The Bertz CT molecular complexity index is 1600. The van der Waals surface area contributed by atoms with E-state index in [0.717, 1.165) is 12.0 Å². The predicted molar refractivity (Wildman–Crippen MR) is 155 cm³/mol. The minimum Gasteiger partial charge on any atom is -0.491 e. The molecule has 0 amide bonds. The van der Waals surface area contributed by atoms with Gasteiger partial charge in [0, 0.05) is 34.5 Å². The van der Waals surface area contributed by atoms with Gasteiger partial charge in [0.05, 0.1) is 12.9 Å². The van der Waals surface area contributed by atoms with E-state index in [1.54, 1.807) is 55.1 Å². The predicted octanol–water partition coefficient (Wildman–Crippen LogP) is 5.40. The van der Waals surface area contributed by atoms with E-state index in [4.69, 9.17) is 37.4 Å². The topological polar surface area (TPSA) is 168 Å². The van der Waals surface area contributed by atoms with Crippen LogP contribution in [0.1, 0.15) is 31.4 Å². The van der Waals surface area contributed by atoms with E-state index in [9.17, 15) is 20.2 Å². The van der Waals surface area contributed by atoms with Crippen LogP contribution in [0.2, 0.25) is 10.0 Å². The fourth-order valence-electron chi connectivity index (χ4n) is 4.73. The zero-order chi connectivity index (χ0) is 31.2. The quantitative estimate of drug-likeness (QED) is 0.127. The van der Waals surface area contributed by atoms with Crippen molar-refractivity contribution in [3.05, 3.63) is 97.0 Å². The van der Waals surface area contributed by atoms with Gasteiger partial charge in [0.25, 0.3) is 6.01 Å². The summed E-state index contributed by atoms with van der Waals surface area (Å²) in [7, 11) is 0. The lowest BCUT2D eigenvalue weighted by Gasteiger charge is -2.25. The van der Waals surface area contributed by atoms with Crippen molar-refractivity contribution in [1.29, 1.82) is 0 Å². The zero-order valence-corrected chi connectivity index (χ0v) is 24.7. The van der Waals surface area contributed by atoms with E-state index in [-0.39, 0.29) is 25.5 Å². The number of hydrogen-bond acceptors (Lipinski definition) is 11. The molecule has 2 aromatic carbocycles. The average Bonchev–Trinajstić information content (AvgIpc) is 3.74. The lowest BCUT2D eigenvalue weighted by Crippen LogP contribution is -2.28. The van der Waals surface area contributed by atoms with Crippen LogP contribution >= 0.6 is 23.2 Å². The highest BCUT2D eigenvalue weighted by molar-refractivity contribution is 6.35. The Morgan fingerprint density at radius 2 is 1.89 bits per heavy atom. The Balaban J connectivity index is 1.29. The summed E-state index contributed by atoms with van der Waals surface area (Å²) in [5.74, 6) is 0.0400. The van der Waals surface area contributed by atoms with Crippen molar-refractivity contribution in [2.75, 3.05) is 13.2 Å². The number of imidazole rings is 2. The van der Waals surface area contributed by atoms with Gasteiger partial charge in [-0.25, -0.2) is 9.82 Å². The third kappa shape index (κ3) is 7.19. The number of benzene rings is 2. The lowest BCUT2D eigenvalue weighted by molar-refractivity contribution is -0.715. The standard InChI is InChI=1S/C27H26Cl2N6O9/c1-2-3-11-33-23(25(43-34(36)37)31-27(33)44-35(38)39)17-4-7-19(8-5-17)40-14-20-15-41-26(42-20)24(32-12-10-30-16-32)21-9-6-18(28)13-22(21)29/h4-10,12-13,16,20,24,26H,2-3,11,14-15H2,1H3. The molecule has 0 bridgehead atoms. The summed E-state index contributed by atoms with van der Waals surface area (Å²) in [5.41, 5.74) is 1.35. The van der Waals surface area contributed by atoms with Gasteiger partial charge >= 0.3 is 10.2 Å². The monoisotopic (exact) mass is 648 g/mol. The molecule has 0 saturated carbocycles. The van der Waals surface area contributed by atoms with Gasteiger partial charge in [-0.2, -0.15) is 4.98 Å². The lowest BCUT2D eigenvalue weighted by atomic mass is 10.1. The molecule has 3 atom stereocenters. The molecule has 3 heterocycles. The molecule has 15 nitrogen and oxygen atoms in total. The molecule has 44 heavy (non-hydrogen) atoms. The van der Waals surface area contributed by atoms with Crippen LogP contribution in [0.25, 0.3) is 11.3 Å². The first-order chi connectivity index (χ1) is 21.2. The van der Waals surface area contributed by atoms with Gasteiger partial charge in [0.15, 0.2) is 6.29 Å². The van der Waals surface area contributed by atoms with Crippen LogP contribution in [0.5, 0.6) is 17.6 Å². The Hall–Kier alpha value is -4.44. The van der Waals surface area contributed by atoms with Gasteiger partial charge in [-0.15, -0.1) is 20.2 Å². The van der Waals surface area contributed by atoms with Crippen molar-refractivity contribution >= 4 is 23.2 Å². The summed E-state index contributed by atoms with van der Waals surface area (Å²) in [4.78, 5) is 39.3. The molecule has 17 heteroatoms. The van der Waals surface area contributed by atoms with Crippen LogP contribution < -0.4 is 14.4 Å². The van der Waals surface area contributed by atoms with E-state index >= 15 is 0 Å². The molecule has 232 valence electrons. The van der Waals surface area contributed by atoms with Crippen molar-refractivity contribution in [2.45, 2.75) is 44.7 Å². The Labute approximate surface area is 260 Å². The molecule has 0 aliphatic carbocycles. The Morgan fingerprint density at radius 1 is 1.11 bits per heavy atom. The summed E-state index contributed by atoms with van der Waals surface area (Å²) in [5, 5.41) is 21.0. The fraction of sp³-hybridized carbons (Fsp3) is 0.333. The molecule has 3 unspecified atom stereocenters. The first kappa shape index (κ1) is 31.0. The SMILES string of the molecule is CCCCn1c(O[N+](=O)[O-])nc(O[N+](=O)[O-])c1-c1ccc(OCC2COC(C(c3ccc(Cl)cc3Cl)n3ccnc3)O2)cc1. The van der Waals surface area contributed by atoms with E-state index < -0.39 is 40.5 Å². The Kier molecular flexibility index (Phi) is 9.79. The minimum absolute atomic E-state index is 0.153. The molecule has 2 aromatic heterocycles. The van der Waals surface area contributed by atoms with Crippen molar-refractivity contribution < 1.29 is 34.1 Å². The maximum atomic E-state index is 11.1. The summed E-state index contributed by atoms with van der Waals surface area (Å²) in [6.07, 6.45) is 5.35. The average molecular weight is 649 g/mol. The molecule has 4 aromatic rings. The molecule has 5 rings (SSSR count). The van der Waals surface area contributed by atoms with Gasteiger partial charge in [-0.05, 0) is 48.4 Å². The van der Waals surface area contributed by atoms with Crippen LogP contribution in [0.3, 0.4) is 0 Å². The van der Waals surface area contributed by atoms with Gasteiger partial charge in [-0.3, -0.25) is 4.84 Å². The second-order valence-electron chi connectivity index (χ2n) is 9.60. The normalized spacial score (nSPS) is 16.9. The van der Waals surface area contributed by atoms with Gasteiger partial charge in [0.1, 0.15) is 30.2 Å². The molecule has 1 fully saturated rings. The van der Waals surface area contributed by atoms with Crippen LogP contribution in [0.4, 0.5) is 0 Å². The van der Waals surface area contributed by atoms with E-state index in [2.05, 4.69) is 19.6 Å².